The van der Waals surface area contributed by atoms with Gasteiger partial charge in [0.1, 0.15) is 5.75 Å². The van der Waals surface area contributed by atoms with Crippen LogP contribution in [0.1, 0.15) is 17.0 Å². The summed E-state index contributed by atoms with van der Waals surface area (Å²) in [6.07, 6.45) is 2.03. The lowest BCUT2D eigenvalue weighted by Crippen LogP contribution is -2.13. The number of benzene rings is 1. The maximum absolute atomic E-state index is 5.20. The molecule has 1 heterocycles. The zero-order valence-corrected chi connectivity index (χ0v) is 15.7. The fourth-order valence-corrected chi connectivity index (χ4v) is 3.41. The van der Waals surface area contributed by atoms with E-state index in [0.29, 0.717) is 5.92 Å². The molecular weight excluding hydrogens is 396 g/mol. The highest BCUT2D eigenvalue weighted by atomic mass is 79.9. The number of alkyl halides is 1. The Labute approximate surface area is 142 Å². The van der Waals surface area contributed by atoms with Crippen molar-refractivity contribution in [2.24, 2.45) is 13.0 Å². The molecule has 2 rings (SSSR count). The largest absolute Gasteiger partial charge is 0.497 e. The van der Waals surface area contributed by atoms with Gasteiger partial charge in [-0.2, -0.15) is 5.10 Å². The van der Waals surface area contributed by atoms with Crippen LogP contribution in [-0.4, -0.2) is 22.2 Å². The third-order valence-corrected chi connectivity index (χ3v) is 5.59. The summed E-state index contributed by atoms with van der Waals surface area (Å²) in [6.45, 7) is 2.03. The van der Waals surface area contributed by atoms with Crippen molar-refractivity contribution >= 4 is 31.9 Å². The van der Waals surface area contributed by atoms with E-state index in [1.807, 2.05) is 30.8 Å². The first kappa shape index (κ1) is 16.6. The number of rotatable bonds is 6. The van der Waals surface area contributed by atoms with Gasteiger partial charge in [0.05, 0.1) is 23.0 Å². The highest BCUT2D eigenvalue weighted by Gasteiger charge is 2.16. The van der Waals surface area contributed by atoms with E-state index in [-0.39, 0.29) is 0 Å². The molecule has 0 saturated heterocycles. The third-order valence-electron chi connectivity index (χ3n) is 3.65. The van der Waals surface area contributed by atoms with Crippen LogP contribution in [0.3, 0.4) is 0 Å². The summed E-state index contributed by atoms with van der Waals surface area (Å²) in [4.78, 5) is 0. The molecule has 21 heavy (non-hydrogen) atoms. The first-order chi connectivity index (χ1) is 10.0. The Morgan fingerprint density at radius 2 is 1.90 bits per heavy atom. The van der Waals surface area contributed by atoms with Crippen LogP contribution in [0.25, 0.3) is 0 Å². The average molecular weight is 416 g/mol. The quantitative estimate of drug-likeness (QED) is 0.657. The second kappa shape index (κ2) is 7.45. The van der Waals surface area contributed by atoms with Gasteiger partial charge in [0.2, 0.25) is 0 Å². The lowest BCUT2D eigenvalue weighted by Gasteiger charge is -2.15. The molecule has 0 spiro atoms. The highest BCUT2D eigenvalue weighted by molar-refractivity contribution is 9.10. The van der Waals surface area contributed by atoms with Crippen molar-refractivity contribution in [3.8, 4) is 5.75 Å². The molecule has 1 atom stereocenters. The van der Waals surface area contributed by atoms with Crippen molar-refractivity contribution in [3.63, 3.8) is 0 Å². The first-order valence-corrected chi connectivity index (χ1v) is 8.83. The molecule has 0 N–H and O–H groups in total. The molecule has 5 heteroatoms. The topological polar surface area (TPSA) is 27.1 Å². The maximum Gasteiger partial charge on any atom is 0.118 e. The van der Waals surface area contributed by atoms with Gasteiger partial charge in [-0.15, -0.1) is 0 Å². The van der Waals surface area contributed by atoms with Crippen molar-refractivity contribution in [3.05, 3.63) is 45.7 Å². The van der Waals surface area contributed by atoms with Crippen LogP contribution in [0.4, 0.5) is 0 Å². The minimum atomic E-state index is 0.532. The van der Waals surface area contributed by atoms with Crippen LogP contribution in [-0.2, 0) is 19.9 Å². The third kappa shape index (κ3) is 4.10. The molecular formula is C16H20Br2N2O. The Morgan fingerprint density at radius 3 is 2.38 bits per heavy atom. The van der Waals surface area contributed by atoms with Gasteiger partial charge in [0, 0.05) is 12.4 Å². The lowest BCUT2D eigenvalue weighted by molar-refractivity contribution is 0.414. The number of nitrogens with zero attached hydrogens (tertiary/aromatic N) is 2. The molecule has 2 aromatic rings. The Bertz CT molecular complexity index is 593. The SMILES string of the molecule is COc1ccc(CC(CBr)Cc2c(Br)c(C)nn2C)cc1. The van der Waals surface area contributed by atoms with Crippen LogP contribution in [0.15, 0.2) is 28.7 Å². The van der Waals surface area contributed by atoms with E-state index >= 15 is 0 Å². The monoisotopic (exact) mass is 414 g/mol. The minimum Gasteiger partial charge on any atom is -0.497 e. The molecule has 1 aromatic heterocycles. The molecule has 0 aliphatic rings. The predicted molar refractivity (Wildman–Crippen MR) is 93.3 cm³/mol. The van der Waals surface area contributed by atoms with Gasteiger partial charge in [-0.1, -0.05) is 28.1 Å². The molecule has 0 fully saturated rings. The standard InChI is InChI=1S/C16H20Br2N2O/c1-11-16(18)15(20(2)19-11)9-13(10-17)8-12-4-6-14(21-3)7-5-12/h4-7,13H,8-10H2,1-3H3. The Balaban J connectivity index is 2.09. The Kier molecular flexibility index (Phi) is 5.88. The molecule has 0 aliphatic carbocycles. The molecule has 0 amide bonds. The average Bonchev–Trinajstić information content (AvgIpc) is 2.73. The number of hydrogen-bond acceptors (Lipinski definition) is 2. The van der Waals surface area contributed by atoms with E-state index < -0.39 is 0 Å². The summed E-state index contributed by atoms with van der Waals surface area (Å²) in [5, 5.41) is 5.43. The van der Waals surface area contributed by atoms with E-state index in [0.717, 1.165) is 34.1 Å². The Hall–Kier alpha value is -0.810. The van der Waals surface area contributed by atoms with Crippen molar-refractivity contribution in [1.29, 1.82) is 0 Å². The summed E-state index contributed by atoms with van der Waals surface area (Å²) in [7, 11) is 3.70. The van der Waals surface area contributed by atoms with Crippen LogP contribution >= 0.6 is 31.9 Å². The predicted octanol–water partition coefficient (Wildman–Crippen LogP) is 4.30. The van der Waals surface area contributed by atoms with Gasteiger partial charge in [0.15, 0.2) is 0 Å². The summed E-state index contributed by atoms with van der Waals surface area (Å²) >= 11 is 7.29. The first-order valence-electron chi connectivity index (χ1n) is 6.92. The fraction of sp³-hybridized carbons (Fsp3) is 0.438. The van der Waals surface area contributed by atoms with Gasteiger partial charge in [-0.05, 0) is 59.3 Å². The van der Waals surface area contributed by atoms with Gasteiger partial charge in [0.25, 0.3) is 0 Å². The summed E-state index contributed by atoms with van der Waals surface area (Å²) in [5.41, 5.74) is 3.63. The van der Waals surface area contributed by atoms with Gasteiger partial charge in [-0.3, -0.25) is 4.68 Å². The number of halogens is 2. The summed E-state index contributed by atoms with van der Waals surface area (Å²) < 4.78 is 8.31. The van der Waals surface area contributed by atoms with E-state index in [1.54, 1.807) is 7.11 Å². The number of aryl methyl sites for hydroxylation is 2. The molecule has 114 valence electrons. The Morgan fingerprint density at radius 1 is 1.24 bits per heavy atom. The smallest absolute Gasteiger partial charge is 0.118 e. The van der Waals surface area contributed by atoms with E-state index in [1.165, 1.54) is 11.3 Å². The molecule has 1 unspecified atom stereocenters. The second-order valence-corrected chi connectivity index (χ2v) is 6.69. The lowest BCUT2D eigenvalue weighted by atomic mass is 9.96. The summed E-state index contributed by atoms with van der Waals surface area (Å²) in [6, 6.07) is 8.31. The van der Waals surface area contributed by atoms with Crippen molar-refractivity contribution in [2.75, 3.05) is 12.4 Å². The normalized spacial score (nSPS) is 12.4. The second-order valence-electron chi connectivity index (χ2n) is 5.25. The molecule has 1 aromatic carbocycles. The van der Waals surface area contributed by atoms with E-state index in [2.05, 4.69) is 49.1 Å². The zero-order chi connectivity index (χ0) is 15.4. The van der Waals surface area contributed by atoms with Crippen molar-refractivity contribution in [1.82, 2.24) is 9.78 Å². The molecule has 0 aliphatic heterocycles. The van der Waals surface area contributed by atoms with Gasteiger partial charge in [-0.25, -0.2) is 0 Å². The number of ether oxygens (including phenoxy) is 1. The maximum atomic E-state index is 5.20. The van der Waals surface area contributed by atoms with Crippen LogP contribution in [0.2, 0.25) is 0 Å². The van der Waals surface area contributed by atoms with Crippen molar-refractivity contribution in [2.45, 2.75) is 19.8 Å². The molecule has 3 nitrogen and oxygen atoms in total. The molecule has 0 saturated carbocycles. The zero-order valence-electron chi connectivity index (χ0n) is 12.6. The van der Waals surface area contributed by atoms with Crippen LogP contribution in [0.5, 0.6) is 5.75 Å². The van der Waals surface area contributed by atoms with Crippen LogP contribution < -0.4 is 4.74 Å². The molecule has 0 radical (unpaired) electrons. The van der Waals surface area contributed by atoms with Crippen LogP contribution in [0, 0.1) is 12.8 Å². The van der Waals surface area contributed by atoms with Crippen molar-refractivity contribution < 1.29 is 4.74 Å². The summed E-state index contributed by atoms with van der Waals surface area (Å²) in [5.74, 6) is 1.43. The van der Waals surface area contributed by atoms with Gasteiger partial charge >= 0.3 is 0 Å². The molecule has 0 bridgehead atoms. The fourth-order valence-electron chi connectivity index (χ4n) is 2.45. The number of methoxy groups -OCH3 is 1. The van der Waals surface area contributed by atoms with Gasteiger partial charge < -0.3 is 4.74 Å². The number of aromatic nitrogens is 2. The van der Waals surface area contributed by atoms with E-state index in [4.69, 9.17) is 4.74 Å². The van der Waals surface area contributed by atoms with E-state index in [9.17, 15) is 0 Å². The number of hydrogen-bond donors (Lipinski definition) is 0. The highest BCUT2D eigenvalue weighted by Crippen LogP contribution is 2.25. The minimum absolute atomic E-state index is 0.532.